The summed E-state index contributed by atoms with van der Waals surface area (Å²) in [7, 11) is 4.21. The molecule has 35 heavy (non-hydrogen) atoms. The smallest absolute Gasteiger partial charge is 0.166 e. The lowest BCUT2D eigenvalue weighted by molar-refractivity contribution is -0.120. The number of carbonyl (C=O) groups is 1. The Kier molecular flexibility index (Phi) is 8.89. The van der Waals surface area contributed by atoms with Crippen molar-refractivity contribution in [1.82, 2.24) is 4.90 Å². The van der Waals surface area contributed by atoms with Crippen molar-refractivity contribution in [1.29, 1.82) is 0 Å². The molecule has 0 bridgehead atoms. The van der Waals surface area contributed by atoms with E-state index in [4.69, 9.17) is 0 Å². The molecule has 0 spiro atoms. The van der Waals surface area contributed by atoms with Crippen molar-refractivity contribution in [3.05, 3.63) is 95.3 Å². The largest absolute Gasteiger partial charge is 0.309 e. The lowest BCUT2D eigenvalue weighted by Gasteiger charge is -2.25. The normalized spacial score (nSPS) is 18.1. The third kappa shape index (κ3) is 6.82. The Morgan fingerprint density at radius 3 is 2.40 bits per heavy atom. The fraction of sp³-hybridized carbons (Fsp3) is 0.394. The molecule has 3 rings (SSSR count). The highest BCUT2D eigenvalue weighted by Gasteiger charge is 2.28. The van der Waals surface area contributed by atoms with Crippen LogP contribution in [-0.2, 0) is 17.6 Å². The van der Waals surface area contributed by atoms with Crippen molar-refractivity contribution in [3.8, 4) is 11.1 Å². The van der Waals surface area contributed by atoms with Crippen LogP contribution in [0.5, 0.6) is 0 Å². The number of likely N-dealkylation sites (N-methyl/N-ethyl adjacent to an activating group) is 1. The number of hydrogen-bond donors (Lipinski definition) is 0. The fourth-order valence-electron chi connectivity index (χ4n) is 4.57. The van der Waals surface area contributed by atoms with Gasteiger partial charge in [-0.15, -0.1) is 5.73 Å². The molecule has 184 valence electrons. The van der Waals surface area contributed by atoms with Gasteiger partial charge in [0.15, 0.2) is 5.78 Å². The Morgan fingerprint density at radius 2 is 1.80 bits per heavy atom. The molecule has 0 N–H and O–H groups in total. The Balaban J connectivity index is 1.87. The molecule has 0 saturated carbocycles. The zero-order valence-electron chi connectivity index (χ0n) is 22.4. The maximum atomic E-state index is 13.6. The van der Waals surface area contributed by atoms with Gasteiger partial charge in [0.25, 0.3) is 0 Å². The molecule has 1 aliphatic rings. The minimum atomic E-state index is -0.0985. The van der Waals surface area contributed by atoms with Crippen molar-refractivity contribution in [2.75, 3.05) is 20.6 Å². The van der Waals surface area contributed by atoms with E-state index in [0.29, 0.717) is 0 Å². The van der Waals surface area contributed by atoms with Gasteiger partial charge >= 0.3 is 0 Å². The molecule has 2 atom stereocenters. The number of benzene rings is 2. The van der Waals surface area contributed by atoms with Crippen LogP contribution in [-0.4, -0.2) is 31.3 Å². The molecule has 2 heteroatoms. The topological polar surface area (TPSA) is 20.3 Å². The van der Waals surface area contributed by atoms with Crippen molar-refractivity contribution >= 4 is 11.9 Å². The number of ketones is 1. The van der Waals surface area contributed by atoms with E-state index in [-0.39, 0.29) is 23.0 Å². The second kappa shape index (κ2) is 11.7. The van der Waals surface area contributed by atoms with E-state index in [1.807, 2.05) is 12.2 Å². The molecule has 1 aliphatic carbocycles. The molecule has 0 fully saturated rings. The molecule has 0 aromatic heterocycles. The van der Waals surface area contributed by atoms with Crippen molar-refractivity contribution < 1.29 is 4.79 Å². The van der Waals surface area contributed by atoms with Crippen LogP contribution in [0.2, 0.25) is 0 Å². The summed E-state index contributed by atoms with van der Waals surface area (Å²) in [6.07, 6.45) is 10.7. The van der Waals surface area contributed by atoms with Crippen molar-refractivity contribution in [3.63, 3.8) is 0 Å². The van der Waals surface area contributed by atoms with Crippen LogP contribution in [0.25, 0.3) is 17.2 Å². The van der Waals surface area contributed by atoms with E-state index < -0.39 is 0 Å². The number of carbonyl (C=O) groups excluding carboxylic acids is 1. The predicted molar refractivity (Wildman–Crippen MR) is 150 cm³/mol. The summed E-state index contributed by atoms with van der Waals surface area (Å²) < 4.78 is 0. The zero-order valence-corrected chi connectivity index (χ0v) is 22.4. The Hall–Kier alpha value is -2.93. The first-order chi connectivity index (χ1) is 16.7. The monoisotopic (exact) mass is 467 g/mol. The Labute approximate surface area is 212 Å². The minimum absolute atomic E-state index is 0.0747. The van der Waals surface area contributed by atoms with Crippen LogP contribution in [0.4, 0.5) is 0 Å². The molecule has 2 nitrogen and oxygen atoms in total. The lowest BCUT2D eigenvalue weighted by Crippen LogP contribution is -2.25. The first-order valence-corrected chi connectivity index (χ1v) is 12.9. The summed E-state index contributed by atoms with van der Waals surface area (Å²) in [5, 5.41) is 0. The highest BCUT2D eigenvalue weighted by atomic mass is 16.1. The van der Waals surface area contributed by atoms with Gasteiger partial charge in [-0.3, -0.25) is 4.79 Å². The maximum Gasteiger partial charge on any atom is 0.166 e. The summed E-state index contributed by atoms with van der Waals surface area (Å²) in [4.78, 5) is 15.8. The lowest BCUT2D eigenvalue weighted by atomic mass is 9.77. The van der Waals surface area contributed by atoms with Gasteiger partial charge in [0.1, 0.15) is 0 Å². The number of Topliss-reactive ketones (excluding diaryl/α,β-unsaturated/α-hetero) is 1. The molecular weight excluding hydrogens is 426 g/mol. The second-order valence-electron chi connectivity index (χ2n) is 10.7. The van der Waals surface area contributed by atoms with E-state index >= 15 is 0 Å². The van der Waals surface area contributed by atoms with Crippen LogP contribution >= 0.6 is 0 Å². The molecule has 0 radical (unpaired) electrons. The standard InChI is InChI=1S/C33H41NO/c1-8-27-15-14-26(22-31(27)28-16-12-25(13-17-28)18-20-34(6)7)21-30(24(3)4)32(35)29-11-10-19-33(5,9-2)23-29/h8,11-17,19,22-24,30H,1,9,18,20-21H2,2-7H3/t30?,33-/m1/s1. The first kappa shape index (κ1) is 26.7. The number of hydrogen-bond acceptors (Lipinski definition) is 2. The van der Waals surface area contributed by atoms with E-state index in [0.717, 1.165) is 36.9 Å². The minimum Gasteiger partial charge on any atom is -0.309 e. The number of rotatable bonds is 11. The van der Waals surface area contributed by atoms with Gasteiger partial charge < -0.3 is 4.90 Å². The van der Waals surface area contributed by atoms with Crippen molar-refractivity contribution in [2.24, 2.45) is 17.3 Å². The average Bonchev–Trinajstić information content (AvgIpc) is 2.85. The molecule has 0 saturated heterocycles. The van der Waals surface area contributed by atoms with Gasteiger partial charge in [-0.2, -0.15) is 0 Å². The van der Waals surface area contributed by atoms with E-state index in [1.165, 1.54) is 22.3 Å². The summed E-state index contributed by atoms with van der Waals surface area (Å²) in [5.74, 6) is 0.392. The van der Waals surface area contributed by atoms with Crippen LogP contribution in [0, 0.1) is 17.3 Å². The molecule has 2 aromatic carbocycles. The Bertz CT molecular complexity index is 1140. The summed E-state index contributed by atoms with van der Waals surface area (Å²) in [5.41, 5.74) is 9.92. The third-order valence-electron chi connectivity index (χ3n) is 7.23. The van der Waals surface area contributed by atoms with Gasteiger partial charge in [0, 0.05) is 23.5 Å². The second-order valence-corrected chi connectivity index (χ2v) is 10.7. The fourth-order valence-corrected chi connectivity index (χ4v) is 4.57. The summed E-state index contributed by atoms with van der Waals surface area (Å²) in [6, 6.07) is 15.4. The quantitative estimate of drug-likeness (QED) is 0.318. The van der Waals surface area contributed by atoms with E-state index in [2.05, 4.69) is 114 Å². The zero-order chi connectivity index (χ0) is 25.6. The molecule has 2 aromatic rings. The van der Waals surface area contributed by atoms with Crippen LogP contribution in [0.3, 0.4) is 0 Å². The highest BCUT2D eigenvalue weighted by Crippen LogP contribution is 2.33. The molecule has 0 heterocycles. The number of nitrogens with zero attached hydrogens (tertiary/aromatic N) is 1. The summed E-state index contributed by atoms with van der Waals surface area (Å²) >= 11 is 0. The molecule has 0 amide bonds. The maximum absolute atomic E-state index is 13.6. The third-order valence-corrected chi connectivity index (χ3v) is 7.23. The van der Waals surface area contributed by atoms with Crippen LogP contribution in [0.1, 0.15) is 50.8 Å². The first-order valence-electron chi connectivity index (χ1n) is 12.9. The van der Waals surface area contributed by atoms with Crippen LogP contribution < -0.4 is 0 Å². The Morgan fingerprint density at radius 1 is 1.11 bits per heavy atom. The van der Waals surface area contributed by atoms with Gasteiger partial charge in [-0.1, -0.05) is 88.9 Å². The van der Waals surface area contributed by atoms with Crippen molar-refractivity contribution in [2.45, 2.75) is 47.0 Å². The van der Waals surface area contributed by atoms with Gasteiger partial charge in [-0.25, -0.2) is 0 Å². The molecule has 1 unspecified atom stereocenters. The van der Waals surface area contributed by atoms with Gasteiger partial charge in [0.05, 0.1) is 0 Å². The van der Waals surface area contributed by atoms with Gasteiger partial charge in [0.2, 0.25) is 0 Å². The summed E-state index contributed by atoms with van der Waals surface area (Å²) in [6.45, 7) is 13.7. The van der Waals surface area contributed by atoms with E-state index in [1.54, 1.807) is 0 Å². The average molecular weight is 468 g/mol. The van der Waals surface area contributed by atoms with E-state index in [9.17, 15) is 4.79 Å². The highest BCUT2D eigenvalue weighted by molar-refractivity contribution is 6.00. The molecule has 0 aliphatic heterocycles. The van der Waals surface area contributed by atoms with Crippen LogP contribution in [0.15, 0.2) is 78.6 Å². The number of allylic oxidation sites excluding steroid dienone is 3. The molecular formula is C33H41NO. The SMILES string of the molecule is C=Cc1ccc(CC(C(=O)C2=C[C@](C)(CC)C=C=C2)C(C)C)cc1-c1ccc(CCN(C)C)cc1. The predicted octanol–water partition coefficient (Wildman–Crippen LogP) is 7.55. The van der Waals surface area contributed by atoms with Gasteiger partial charge in [-0.05, 0) is 79.2 Å².